The Hall–Kier alpha value is -2.25. The molecule has 6 nitrogen and oxygen atoms in total. The molecular weight excluding hydrogens is 374 g/mol. The summed E-state index contributed by atoms with van der Waals surface area (Å²) in [5, 5.41) is 4.38. The number of halogens is 1. The van der Waals surface area contributed by atoms with E-state index in [1.54, 1.807) is 6.20 Å². The second-order valence-electron chi connectivity index (χ2n) is 6.29. The number of sulfone groups is 1. The van der Waals surface area contributed by atoms with Crippen molar-refractivity contribution in [2.24, 2.45) is 0 Å². The summed E-state index contributed by atoms with van der Waals surface area (Å²) in [6.07, 6.45) is 2.51. The first-order chi connectivity index (χ1) is 12.3. The summed E-state index contributed by atoms with van der Waals surface area (Å²) < 4.78 is 29.9. The second-order valence-corrected chi connectivity index (χ2v) is 9.23. The Balaban J connectivity index is 2.00. The van der Waals surface area contributed by atoms with Gasteiger partial charge in [0.25, 0.3) is 0 Å². The minimum Gasteiger partial charge on any atom is -0.337 e. The molecule has 0 atom stereocenters. The van der Waals surface area contributed by atoms with Gasteiger partial charge in [0.1, 0.15) is 10.4 Å². The fraction of sp³-hybridized carbons (Fsp3) is 0.278. The number of pyridine rings is 1. The Morgan fingerprint density at radius 3 is 2.50 bits per heavy atom. The maximum Gasteiger partial charge on any atom is 0.248 e. The number of rotatable bonds is 5. The van der Waals surface area contributed by atoms with Crippen LogP contribution in [0.2, 0.25) is 5.02 Å². The first-order valence-electron chi connectivity index (χ1n) is 8.05. The third-order valence-electron chi connectivity index (χ3n) is 4.20. The lowest BCUT2D eigenvalue weighted by Gasteiger charge is -2.20. The van der Waals surface area contributed by atoms with Gasteiger partial charge in [-0.25, -0.2) is 8.42 Å². The van der Waals surface area contributed by atoms with E-state index in [1.165, 1.54) is 38.1 Å². The summed E-state index contributed by atoms with van der Waals surface area (Å²) in [5.41, 5.74) is 1.62. The van der Waals surface area contributed by atoms with Gasteiger partial charge in [0.05, 0.1) is 4.90 Å². The summed E-state index contributed by atoms with van der Waals surface area (Å²) in [7, 11) is -3.77. The molecule has 26 heavy (non-hydrogen) atoms. The minimum atomic E-state index is -3.77. The molecule has 3 aromatic rings. The summed E-state index contributed by atoms with van der Waals surface area (Å²) in [5.74, 6) is 0.265. The van der Waals surface area contributed by atoms with Crippen molar-refractivity contribution in [1.29, 1.82) is 0 Å². The maximum atomic E-state index is 13.0. The summed E-state index contributed by atoms with van der Waals surface area (Å²) in [4.78, 5) is 8.66. The molecule has 2 aromatic heterocycles. The maximum absolute atomic E-state index is 13.0. The normalized spacial score (nSPS) is 12.3. The molecule has 0 radical (unpaired) electrons. The lowest BCUT2D eigenvalue weighted by molar-refractivity contribution is 0.347. The molecule has 0 aliphatic heterocycles. The van der Waals surface area contributed by atoms with Crippen LogP contribution in [0, 0.1) is 0 Å². The highest BCUT2D eigenvalue weighted by Crippen LogP contribution is 2.35. The molecule has 3 rings (SSSR count). The fourth-order valence-corrected chi connectivity index (χ4v) is 3.93. The van der Waals surface area contributed by atoms with E-state index in [0.717, 1.165) is 12.0 Å². The highest BCUT2D eigenvalue weighted by atomic mass is 35.5. The molecule has 1 aromatic carbocycles. The molecule has 0 amide bonds. The van der Waals surface area contributed by atoms with E-state index in [-0.39, 0.29) is 16.6 Å². The number of aryl methyl sites for hydroxylation is 1. The van der Waals surface area contributed by atoms with E-state index in [1.807, 2.05) is 19.1 Å². The molecule has 136 valence electrons. The van der Waals surface area contributed by atoms with Gasteiger partial charge in [0.2, 0.25) is 11.7 Å². The molecule has 0 unspecified atom stereocenters. The van der Waals surface area contributed by atoms with Crippen molar-refractivity contribution >= 4 is 21.4 Å². The van der Waals surface area contributed by atoms with Gasteiger partial charge in [-0.2, -0.15) is 4.98 Å². The van der Waals surface area contributed by atoms with Crippen molar-refractivity contribution in [2.45, 2.75) is 36.8 Å². The van der Waals surface area contributed by atoms with Crippen LogP contribution in [-0.4, -0.2) is 23.5 Å². The van der Waals surface area contributed by atoms with E-state index >= 15 is 0 Å². The first-order valence-corrected chi connectivity index (χ1v) is 9.91. The standard InChI is InChI=1S/C18H18ClN3O3S/c1-4-12-9-10-20-15(11-12)16-21-17(25-22-16)18(2,3)26(23,24)14-7-5-13(19)6-8-14/h5-11H,4H2,1-3H3. The number of aromatic nitrogens is 3. The van der Waals surface area contributed by atoms with Crippen molar-refractivity contribution in [3.8, 4) is 11.5 Å². The topological polar surface area (TPSA) is 86.0 Å². The molecule has 2 heterocycles. The number of benzene rings is 1. The van der Waals surface area contributed by atoms with Crippen molar-refractivity contribution in [2.75, 3.05) is 0 Å². The number of nitrogens with zero attached hydrogens (tertiary/aromatic N) is 3. The van der Waals surface area contributed by atoms with Gasteiger partial charge in [-0.1, -0.05) is 23.7 Å². The van der Waals surface area contributed by atoms with Crippen LogP contribution in [0.25, 0.3) is 11.5 Å². The summed E-state index contributed by atoms with van der Waals surface area (Å²) >= 11 is 5.85. The second kappa shape index (κ2) is 6.81. The van der Waals surface area contributed by atoms with Gasteiger partial charge in [-0.15, -0.1) is 0 Å². The summed E-state index contributed by atoms with van der Waals surface area (Å²) in [6, 6.07) is 9.74. The van der Waals surface area contributed by atoms with Crippen LogP contribution >= 0.6 is 11.6 Å². The fourth-order valence-electron chi connectivity index (χ4n) is 2.41. The van der Waals surface area contributed by atoms with Crippen LogP contribution in [0.15, 0.2) is 52.0 Å². The Bertz CT molecular complexity index is 1030. The van der Waals surface area contributed by atoms with Crippen molar-refractivity contribution in [3.05, 3.63) is 59.1 Å². The average molecular weight is 392 g/mol. The average Bonchev–Trinajstić information content (AvgIpc) is 3.13. The van der Waals surface area contributed by atoms with Gasteiger partial charge in [-0.05, 0) is 62.2 Å². The Labute approximate surface area is 157 Å². The minimum absolute atomic E-state index is 0.00570. The van der Waals surface area contributed by atoms with E-state index in [0.29, 0.717) is 10.7 Å². The Morgan fingerprint density at radius 2 is 1.85 bits per heavy atom. The smallest absolute Gasteiger partial charge is 0.248 e. The van der Waals surface area contributed by atoms with E-state index < -0.39 is 14.6 Å². The highest BCUT2D eigenvalue weighted by Gasteiger charge is 2.42. The zero-order valence-corrected chi connectivity index (χ0v) is 16.2. The van der Waals surface area contributed by atoms with Gasteiger partial charge < -0.3 is 4.52 Å². The summed E-state index contributed by atoms with van der Waals surface area (Å²) in [6.45, 7) is 5.09. The predicted molar refractivity (Wildman–Crippen MR) is 98.6 cm³/mol. The molecule has 0 saturated heterocycles. The molecule has 0 saturated carbocycles. The van der Waals surface area contributed by atoms with E-state index in [9.17, 15) is 8.42 Å². The molecule has 8 heteroatoms. The quantitative estimate of drug-likeness (QED) is 0.652. The largest absolute Gasteiger partial charge is 0.337 e. The van der Waals surface area contributed by atoms with Crippen molar-refractivity contribution < 1.29 is 12.9 Å². The zero-order chi connectivity index (χ0) is 18.9. The lowest BCUT2D eigenvalue weighted by atomic mass is 10.2. The molecule has 0 N–H and O–H groups in total. The van der Waals surface area contributed by atoms with Gasteiger partial charge in [0.15, 0.2) is 9.84 Å². The van der Waals surface area contributed by atoms with Gasteiger partial charge in [0, 0.05) is 11.2 Å². The highest BCUT2D eigenvalue weighted by molar-refractivity contribution is 7.92. The van der Waals surface area contributed by atoms with Crippen molar-refractivity contribution in [1.82, 2.24) is 15.1 Å². The SMILES string of the molecule is CCc1ccnc(-c2noc(C(C)(C)S(=O)(=O)c3ccc(Cl)cc3)n2)c1. The van der Waals surface area contributed by atoms with Crippen LogP contribution in [0.4, 0.5) is 0 Å². The Kier molecular flexibility index (Phi) is 4.86. The van der Waals surface area contributed by atoms with Crippen LogP contribution in [0.3, 0.4) is 0 Å². The molecule has 0 fully saturated rings. The molecule has 0 aliphatic rings. The van der Waals surface area contributed by atoms with Gasteiger partial charge in [-0.3, -0.25) is 4.98 Å². The molecule has 0 spiro atoms. The predicted octanol–water partition coefficient (Wildman–Crippen LogP) is 4.06. The third-order valence-corrected chi connectivity index (χ3v) is 6.86. The van der Waals surface area contributed by atoms with Crippen LogP contribution in [0.5, 0.6) is 0 Å². The number of hydrogen-bond donors (Lipinski definition) is 0. The third kappa shape index (κ3) is 3.24. The van der Waals surface area contributed by atoms with E-state index in [4.69, 9.17) is 16.1 Å². The Morgan fingerprint density at radius 1 is 1.15 bits per heavy atom. The van der Waals surface area contributed by atoms with Crippen LogP contribution in [0.1, 0.15) is 32.2 Å². The van der Waals surface area contributed by atoms with Crippen LogP contribution in [-0.2, 0) is 21.0 Å². The van der Waals surface area contributed by atoms with Crippen LogP contribution < -0.4 is 0 Å². The van der Waals surface area contributed by atoms with Crippen molar-refractivity contribution in [3.63, 3.8) is 0 Å². The first kappa shape index (κ1) is 18.5. The monoisotopic (exact) mass is 391 g/mol. The molecule has 0 bridgehead atoms. The number of hydrogen-bond acceptors (Lipinski definition) is 6. The molecular formula is C18H18ClN3O3S. The van der Waals surface area contributed by atoms with E-state index in [2.05, 4.69) is 15.1 Å². The van der Waals surface area contributed by atoms with Gasteiger partial charge >= 0.3 is 0 Å². The lowest BCUT2D eigenvalue weighted by Crippen LogP contribution is -2.29. The zero-order valence-electron chi connectivity index (χ0n) is 14.6. The molecule has 0 aliphatic carbocycles.